The van der Waals surface area contributed by atoms with Crippen LogP contribution in [0.5, 0.6) is 0 Å². The maximum atomic E-state index is 6.11. The van der Waals surface area contributed by atoms with Crippen molar-refractivity contribution in [2.24, 2.45) is 0 Å². The molecular formula is C14H19ClN4. The second-order valence-electron chi connectivity index (χ2n) is 5.36. The highest BCUT2D eigenvalue weighted by Gasteiger charge is 2.26. The van der Waals surface area contributed by atoms with E-state index in [-0.39, 0.29) is 10.9 Å². The predicted octanol–water partition coefficient (Wildman–Crippen LogP) is 3.34. The van der Waals surface area contributed by atoms with Gasteiger partial charge in [0, 0.05) is 0 Å². The molecule has 1 heterocycles. The van der Waals surface area contributed by atoms with Gasteiger partial charge in [0.05, 0.1) is 10.9 Å². The Balaban J connectivity index is 2.11. The van der Waals surface area contributed by atoms with E-state index in [1.807, 2.05) is 17.7 Å². The molecule has 0 N–H and O–H groups in total. The van der Waals surface area contributed by atoms with E-state index < -0.39 is 0 Å². The molecule has 0 spiro atoms. The fourth-order valence-corrected chi connectivity index (χ4v) is 2.21. The molecule has 0 aliphatic carbocycles. The van der Waals surface area contributed by atoms with Crippen LogP contribution in [0, 0.1) is 0 Å². The summed E-state index contributed by atoms with van der Waals surface area (Å²) < 4.78 is 1.84. The van der Waals surface area contributed by atoms with Crippen molar-refractivity contribution in [2.75, 3.05) is 0 Å². The van der Waals surface area contributed by atoms with Crippen LogP contribution in [0.2, 0.25) is 0 Å². The van der Waals surface area contributed by atoms with Crippen molar-refractivity contribution in [1.82, 2.24) is 20.2 Å². The number of nitrogens with zero attached hydrogens (tertiary/aromatic N) is 4. The second-order valence-corrected chi connectivity index (χ2v) is 6.02. The molecular weight excluding hydrogens is 260 g/mol. The Kier molecular flexibility index (Phi) is 4.20. The Bertz CT molecular complexity index is 519. The first-order valence-electron chi connectivity index (χ1n) is 6.47. The highest BCUT2D eigenvalue weighted by atomic mass is 35.5. The second kappa shape index (κ2) is 5.70. The third-order valence-electron chi connectivity index (χ3n) is 3.29. The highest BCUT2D eigenvalue weighted by molar-refractivity contribution is 6.20. The van der Waals surface area contributed by atoms with Crippen LogP contribution in [0.4, 0.5) is 0 Å². The van der Waals surface area contributed by atoms with Crippen LogP contribution in [0.3, 0.4) is 0 Å². The minimum Gasteiger partial charge on any atom is -0.223 e. The number of aryl methyl sites for hydroxylation is 1. The van der Waals surface area contributed by atoms with Gasteiger partial charge in [-0.25, -0.2) is 4.68 Å². The lowest BCUT2D eigenvalue weighted by Gasteiger charge is -2.26. The van der Waals surface area contributed by atoms with Crippen molar-refractivity contribution >= 4 is 11.6 Å². The zero-order chi connectivity index (χ0) is 13.9. The van der Waals surface area contributed by atoms with E-state index >= 15 is 0 Å². The molecule has 0 saturated heterocycles. The fourth-order valence-electron chi connectivity index (χ4n) is 2.07. The molecule has 1 aromatic carbocycles. The lowest BCUT2D eigenvalue weighted by atomic mass is 9.95. The summed E-state index contributed by atoms with van der Waals surface area (Å²) >= 11 is 6.11. The predicted molar refractivity (Wildman–Crippen MR) is 76.2 cm³/mol. The zero-order valence-electron chi connectivity index (χ0n) is 11.5. The van der Waals surface area contributed by atoms with Crippen molar-refractivity contribution in [3.63, 3.8) is 0 Å². The molecule has 4 nitrogen and oxygen atoms in total. The maximum absolute atomic E-state index is 6.11. The van der Waals surface area contributed by atoms with Crippen LogP contribution >= 0.6 is 11.6 Å². The molecule has 1 unspecified atom stereocenters. The summed E-state index contributed by atoms with van der Waals surface area (Å²) in [5.41, 5.74) is 1.17. The van der Waals surface area contributed by atoms with Gasteiger partial charge in [0.15, 0.2) is 5.82 Å². The van der Waals surface area contributed by atoms with E-state index in [4.69, 9.17) is 11.6 Å². The average Bonchev–Trinajstić information content (AvgIpc) is 2.88. The Hall–Kier alpha value is -1.42. The van der Waals surface area contributed by atoms with Crippen LogP contribution in [-0.4, -0.2) is 20.2 Å². The van der Waals surface area contributed by atoms with E-state index in [0.717, 1.165) is 18.7 Å². The maximum Gasteiger partial charge on any atom is 0.169 e. The molecule has 102 valence electrons. The Morgan fingerprint density at radius 1 is 1.26 bits per heavy atom. The number of halogens is 1. The van der Waals surface area contributed by atoms with E-state index in [2.05, 4.69) is 53.6 Å². The van der Waals surface area contributed by atoms with Gasteiger partial charge in [0.2, 0.25) is 0 Å². The molecule has 1 atom stereocenters. The third kappa shape index (κ3) is 3.32. The van der Waals surface area contributed by atoms with Gasteiger partial charge in [0.25, 0.3) is 0 Å². The Morgan fingerprint density at radius 3 is 2.58 bits per heavy atom. The fraction of sp³-hybridized carbons (Fsp3) is 0.500. The third-order valence-corrected chi connectivity index (χ3v) is 3.49. The standard InChI is InChI=1S/C14H19ClN4/c1-11(15)13-16-17-18-19(13)14(2,3)10-9-12-7-5-4-6-8-12/h4-8,11H,9-10H2,1-3H3. The molecule has 0 radical (unpaired) electrons. The number of tetrazole rings is 1. The number of rotatable bonds is 5. The minimum atomic E-state index is -0.189. The van der Waals surface area contributed by atoms with Crippen molar-refractivity contribution in [3.8, 4) is 0 Å². The van der Waals surface area contributed by atoms with Crippen molar-refractivity contribution in [1.29, 1.82) is 0 Å². The van der Waals surface area contributed by atoms with Crippen LogP contribution in [0.15, 0.2) is 30.3 Å². The van der Waals surface area contributed by atoms with E-state index in [1.165, 1.54) is 5.56 Å². The molecule has 0 aliphatic heterocycles. The summed E-state index contributed by atoms with van der Waals surface area (Å²) in [6.45, 7) is 6.15. The molecule has 0 bridgehead atoms. The summed E-state index contributed by atoms with van der Waals surface area (Å²) in [5.74, 6) is 0.722. The number of hydrogen-bond acceptors (Lipinski definition) is 3. The van der Waals surface area contributed by atoms with Gasteiger partial charge in [-0.1, -0.05) is 30.3 Å². The van der Waals surface area contributed by atoms with Crippen molar-refractivity contribution in [2.45, 2.75) is 44.5 Å². The van der Waals surface area contributed by atoms with Gasteiger partial charge in [0.1, 0.15) is 0 Å². The van der Waals surface area contributed by atoms with Gasteiger partial charge >= 0.3 is 0 Å². The van der Waals surface area contributed by atoms with Crippen molar-refractivity contribution in [3.05, 3.63) is 41.7 Å². The molecule has 19 heavy (non-hydrogen) atoms. The SMILES string of the molecule is CC(Cl)c1nnnn1C(C)(C)CCc1ccccc1. The molecule has 0 saturated carbocycles. The van der Waals surface area contributed by atoms with Crippen molar-refractivity contribution < 1.29 is 0 Å². The van der Waals surface area contributed by atoms with Gasteiger partial charge in [-0.2, -0.15) is 0 Å². The first-order valence-corrected chi connectivity index (χ1v) is 6.91. The largest absolute Gasteiger partial charge is 0.223 e. The van der Waals surface area contributed by atoms with Gasteiger partial charge in [-0.3, -0.25) is 0 Å². The molecule has 5 heteroatoms. The number of aromatic nitrogens is 4. The number of alkyl halides is 1. The molecule has 2 rings (SSSR count). The number of hydrogen-bond donors (Lipinski definition) is 0. The molecule has 1 aromatic heterocycles. The summed E-state index contributed by atoms with van der Waals surface area (Å²) in [6, 6.07) is 10.4. The van der Waals surface area contributed by atoms with Gasteiger partial charge < -0.3 is 0 Å². The average molecular weight is 279 g/mol. The molecule has 0 aliphatic rings. The Morgan fingerprint density at radius 2 is 1.95 bits per heavy atom. The monoisotopic (exact) mass is 278 g/mol. The van der Waals surface area contributed by atoms with E-state index in [9.17, 15) is 0 Å². The van der Waals surface area contributed by atoms with Gasteiger partial charge in [-0.05, 0) is 49.6 Å². The van der Waals surface area contributed by atoms with Crippen LogP contribution < -0.4 is 0 Å². The molecule has 2 aromatic rings. The summed E-state index contributed by atoms with van der Waals surface area (Å²) in [6.07, 6.45) is 1.95. The first-order chi connectivity index (χ1) is 9.00. The summed E-state index contributed by atoms with van der Waals surface area (Å²) in [7, 11) is 0. The van der Waals surface area contributed by atoms with E-state index in [1.54, 1.807) is 0 Å². The Labute approximate surface area is 118 Å². The zero-order valence-corrected chi connectivity index (χ0v) is 12.3. The highest BCUT2D eigenvalue weighted by Crippen LogP contribution is 2.26. The minimum absolute atomic E-state index is 0.155. The van der Waals surface area contributed by atoms with E-state index in [0.29, 0.717) is 0 Å². The van der Waals surface area contributed by atoms with Crippen LogP contribution in [-0.2, 0) is 12.0 Å². The molecule has 0 amide bonds. The van der Waals surface area contributed by atoms with Crippen LogP contribution in [0.1, 0.15) is 44.0 Å². The lowest BCUT2D eigenvalue weighted by molar-refractivity contribution is 0.280. The van der Waals surface area contributed by atoms with Crippen LogP contribution in [0.25, 0.3) is 0 Å². The smallest absolute Gasteiger partial charge is 0.169 e. The lowest BCUT2D eigenvalue weighted by Crippen LogP contribution is -2.30. The van der Waals surface area contributed by atoms with Gasteiger partial charge in [-0.15, -0.1) is 16.7 Å². The summed E-state index contributed by atoms with van der Waals surface area (Å²) in [5, 5.41) is 11.7. The first kappa shape index (κ1) is 14.0. The molecule has 0 fully saturated rings. The normalized spacial score (nSPS) is 13.5. The summed E-state index contributed by atoms with van der Waals surface area (Å²) in [4.78, 5) is 0. The number of benzene rings is 1. The quantitative estimate of drug-likeness (QED) is 0.788. The topological polar surface area (TPSA) is 43.6 Å².